The molecule has 0 aromatic rings. The van der Waals surface area contributed by atoms with E-state index in [4.69, 9.17) is 5.11 Å². The summed E-state index contributed by atoms with van der Waals surface area (Å²) in [4.78, 5) is 10.7. The second-order valence-electron chi connectivity index (χ2n) is 4.07. The maximum Gasteiger partial charge on any atom is 0.335 e. The van der Waals surface area contributed by atoms with E-state index in [0.717, 1.165) is 19.3 Å². The summed E-state index contributed by atoms with van der Waals surface area (Å²) < 4.78 is 0. The summed E-state index contributed by atoms with van der Waals surface area (Å²) >= 11 is 0. The molecule has 0 radical (unpaired) electrons. The van der Waals surface area contributed by atoms with Crippen molar-refractivity contribution in [1.29, 1.82) is 0 Å². The molecule has 0 aromatic heterocycles. The highest BCUT2D eigenvalue weighted by Crippen LogP contribution is 2.37. The Morgan fingerprint density at radius 1 is 1.50 bits per heavy atom. The molecule has 3 unspecified atom stereocenters. The van der Waals surface area contributed by atoms with Gasteiger partial charge in [-0.15, -0.1) is 0 Å². The van der Waals surface area contributed by atoms with Crippen molar-refractivity contribution in [2.24, 2.45) is 11.8 Å². The van der Waals surface area contributed by atoms with E-state index in [1.165, 1.54) is 6.92 Å². The first-order valence-electron chi connectivity index (χ1n) is 4.40. The molecule has 1 rings (SSSR count). The second kappa shape index (κ2) is 3.05. The van der Waals surface area contributed by atoms with Crippen LogP contribution in [0.4, 0.5) is 0 Å². The van der Waals surface area contributed by atoms with Crippen molar-refractivity contribution in [1.82, 2.24) is 0 Å². The second-order valence-corrected chi connectivity index (χ2v) is 4.07. The summed E-state index contributed by atoms with van der Waals surface area (Å²) in [5.74, 6) is -0.604. The molecule has 0 aromatic carbocycles. The average molecular weight is 172 g/mol. The van der Waals surface area contributed by atoms with Crippen molar-refractivity contribution in [3.8, 4) is 0 Å². The molecule has 3 nitrogen and oxygen atoms in total. The van der Waals surface area contributed by atoms with E-state index in [2.05, 4.69) is 6.92 Å². The molecule has 0 amide bonds. The summed E-state index contributed by atoms with van der Waals surface area (Å²) in [5, 5.41) is 18.3. The van der Waals surface area contributed by atoms with Crippen LogP contribution in [-0.4, -0.2) is 21.8 Å². The van der Waals surface area contributed by atoms with Crippen molar-refractivity contribution in [2.75, 3.05) is 0 Å². The zero-order chi connectivity index (χ0) is 9.35. The molecule has 12 heavy (non-hydrogen) atoms. The summed E-state index contributed by atoms with van der Waals surface area (Å²) in [6.07, 6.45) is 2.70. The number of hydrogen-bond acceptors (Lipinski definition) is 2. The Kier molecular flexibility index (Phi) is 2.42. The van der Waals surface area contributed by atoms with Crippen LogP contribution in [0.3, 0.4) is 0 Å². The van der Waals surface area contributed by atoms with Gasteiger partial charge < -0.3 is 10.2 Å². The van der Waals surface area contributed by atoms with Gasteiger partial charge in [0.2, 0.25) is 0 Å². The molecule has 3 heteroatoms. The van der Waals surface area contributed by atoms with Gasteiger partial charge in [0.25, 0.3) is 0 Å². The molecule has 1 saturated carbocycles. The summed E-state index contributed by atoms with van der Waals surface area (Å²) in [7, 11) is 0. The molecule has 0 aliphatic heterocycles. The lowest BCUT2D eigenvalue weighted by atomic mass is 9.87. The number of carboxylic acids is 1. The van der Waals surface area contributed by atoms with Gasteiger partial charge in [0.15, 0.2) is 5.60 Å². The highest BCUT2D eigenvalue weighted by atomic mass is 16.4. The molecule has 0 saturated heterocycles. The summed E-state index contributed by atoms with van der Waals surface area (Å²) in [6, 6.07) is 0. The largest absolute Gasteiger partial charge is 0.479 e. The third kappa shape index (κ3) is 1.61. The number of carbonyl (C=O) groups is 1. The monoisotopic (exact) mass is 172 g/mol. The first-order valence-corrected chi connectivity index (χ1v) is 4.40. The number of aliphatic hydroxyl groups is 1. The summed E-state index contributed by atoms with van der Waals surface area (Å²) in [5.41, 5.74) is -1.52. The highest BCUT2D eigenvalue weighted by Gasteiger charge is 2.42. The zero-order valence-corrected chi connectivity index (χ0v) is 7.58. The number of aliphatic carboxylic acids is 1. The number of rotatable bonds is 2. The number of carboxylic acid groups (broad SMARTS) is 1. The van der Waals surface area contributed by atoms with Crippen molar-refractivity contribution in [3.05, 3.63) is 0 Å². The van der Waals surface area contributed by atoms with Crippen LogP contribution in [0, 0.1) is 11.8 Å². The van der Waals surface area contributed by atoms with Gasteiger partial charge in [0, 0.05) is 0 Å². The van der Waals surface area contributed by atoms with Crippen molar-refractivity contribution < 1.29 is 15.0 Å². The van der Waals surface area contributed by atoms with Gasteiger partial charge in [-0.25, -0.2) is 4.79 Å². The van der Waals surface area contributed by atoms with Crippen LogP contribution in [0.15, 0.2) is 0 Å². The minimum Gasteiger partial charge on any atom is -0.479 e. The van der Waals surface area contributed by atoms with E-state index < -0.39 is 11.6 Å². The lowest BCUT2D eigenvalue weighted by molar-refractivity contribution is -0.162. The van der Waals surface area contributed by atoms with Crippen LogP contribution < -0.4 is 0 Å². The molecule has 0 spiro atoms. The fourth-order valence-electron chi connectivity index (χ4n) is 1.89. The van der Waals surface area contributed by atoms with E-state index in [-0.39, 0.29) is 5.92 Å². The van der Waals surface area contributed by atoms with E-state index in [9.17, 15) is 9.90 Å². The van der Waals surface area contributed by atoms with Crippen molar-refractivity contribution in [3.63, 3.8) is 0 Å². The molecule has 1 fully saturated rings. The van der Waals surface area contributed by atoms with Crippen LogP contribution in [0.25, 0.3) is 0 Å². The molecule has 1 aliphatic rings. The Bertz CT molecular complexity index is 186. The zero-order valence-electron chi connectivity index (χ0n) is 7.58. The van der Waals surface area contributed by atoms with Gasteiger partial charge in [0.1, 0.15) is 0 Å². The Morgan fingerprint density at radius 3 is 2.42 bits per heavy atom. The van der Waals surface area contributed by atoms with Crippen LogP contribution in [0.5, 0.6) is 0 Å². The van der Waals surface area contributed by atoms with Crippen LogP contribution >= 0.6 is 0 Å². The number of hydrogen-bond donors (Lipinski definition) is 2. The fourth-order valence-corrected chi connectivity index (χ4v) is 1.89. The SMILES string of the molecule is CC1CCC(C(C)(O)C(=O)O)C1. The van der Waals surface area contributed by atoms with E-state index >= 15 is 0 Å². The first-order chi connectivity index (χ1) is 5.44. The van der Waals surface area contributed by atoms with Crippen molar-refractivity contribution >= 4 is 5.97 Å². The average Bonchev–Trinajstić information content (AvgIpc) is 2.35. The van der Waals surface area contributed by atoms with Gasteiger partial charge >= 0.3 is 5.97 Å². The Labute approximate surface area is 72.4 Å². The van der Waals surface area contributed by atoms with Crippen LogP contribution in [-0.2, 0) is 4.79 Å². The topological polar surface area (TPSA) is 57.5 Å². The quantitative estimate of drug-likeness (QED) is 0.659. The highest BCUT2D eigenvalue weighted by molar-refractivity contribution is 5.77. The first kappa shape index (κ1) is 9.52. The van der Waals surface area contributed by atoms with Crippen LogP contribution in [0.1, 0.15) is 33.1 Å². The van der Waals surface area contributed by atoms with Crippen LogP contribution in [0.2, 0.25) is 0 Å². The third-order valence-electron chi connectivity index (χ3n) is 2.92. The minimum absolute atomic E-state index is 0.0648. The van der Waals surface area contributed by atoms with Gasteiger partial charge in [-0.2, -0.15) is 0 Å². The molecule has 0 heterocycles. The predicted octanol–water partition coefficient (Wildman–Crippen LogP) is 1.26. The molecular formula is C9H16O3. The van der Waals surface area contributed by atoms with Crippen molar-refractivity contribution in [2.45, 2.75) is 38.7 Å². The molecule has 1 aliphatic carbocycles. The maximum absolute atomic E-state index is 10.7. The Balaban J connectivity index is 2.63. The molecule has 2 N–H and O–H groups in total. The Morgan fingerprint density at radius 2 is 2.08 bits per heavy atom. The fraction of sp³-hybridized carbons (Fsp3) is 0.889. The third-order valence-corrected chi connectivity index (χ3v) is 2.92. The Hall–Kier alpha value is -0.570. The van der Waals surface area contributed by atoms with Gasteiger partial charge in [-0.1, -0.05) is 13.3 Å². The van der Waals surface area contributed by atoms with E-state index in [1.807, 2.05) is 0 Å². The van der Waals surface area contributed by atoms with E-state index in [1.54, 1.807) is 0 Å². The van der Waals surface area contributed by atoms with Gasteiger partial charge in [-0.05, 0) is 31.6 Å². The minimum atomic E-state index is -1.52. The van der Waals surface area contributed by atoms with Gasteiger partial charge in [-0.3, -0.25) is 0 Å². The van der Waals surface area contributed by atoms with E-state index in [0.29, 0.717) is 5.92 Å². The molecular weight excluding hydrogens is 156 g/mol. The molecule has 3 atom stereocenters. The normalized spacial score (nSPS) is 34.6. The van der Waals surface area contributed by atoms with Gasteiger partial charge in [0.05, 0.1) is 0 Å². The molecule has 0 bridgehead atoms. The predicted molar refractivity (Wildman–Crippen MR) is 44.8 cm³/mol. The lowest BCUT2D eigenvalue weighted by Gasteiger charge is -2.25. The standard InChI is InChI=1S/C9H16O3/c1-6-3-4-7(5-6)9(2,12)8(10)11/h6-7,12H,3-5H2,1-2H3,(H,10,11). The summed E-state index contributed by atoms with van der Waals surface area (Å²) in [6.45, 7) is 3.50. The maximum atomic E-state index is 10.7. The lowest BCUT2D eigenvalue weighted by Crippen LogP contribution is -2.41. The molecule has 70 valence electrons. The smallest absolute Gasteiger partial charge is 0.335 e.